The lowest BCUT2D eigenvalue weighted by Crippen LogP contribution is -2.03. The van der Waals surface area contributed by atoms with Crippen LogP contribution in [0.2, 0.25) is 5.02 Å². The molecule has 1 aromatic carbocycles. The number of anilines is 1. The van der Waals surface area contributed by atoms with E-state index in [-0.39, 0.29) is 10.8 Å². The number of pyridine rings is 1. The number of halogens is 2. The van der Waals surface area contributed by atoms with Crippen LogP contribution in [0.5, 0.6) is 0 Å². The van der Waals surface area contributed by atoms with E-state index in [4.69, 9.17) is 17.3 Å². The largest absolute Gasteiger partial charge is 0.396 e. The van der Waals surface area contributed by atoms with Gasteiger partial charge in [-0.1, -0.05) is 17.7 Å². The van der Waals surface area contributed by atoms with Crippen molar-refractivity contribution in [3.63, 3.8) is 0 Å². The Kier molecular flexibility index (Phi) is 3.93. The minimum atomic E-state index is -1.41. The van der Waals surface area contributed by atoms with Crippen LogP contribution in [-0.4, -0.2) is 9.19 Å². The molecule has 0 spiro atoms. The summed E-state index contributed by atoms with van der Waals surface area (Å²) in [5.74, 6) is -0.380. The lowest BCUT2D eigenvalue weighted by atomic mass is 10.2. The predicted molar refractivity (Wildman–Crippen MR) is 70.2 cm³/mol. The van der Waals surface area contributed by atoms with E-state index in [0.29, 0.717) is 16.3 Å². The number of benzene rings is 1. The van der Waals surface area contributed by atoms with Crippen molar-refractivity contribution in [1.82, 2.24) is 4.98 Å². The first-order valence-corrected chi connectivity index (χ1v) is 6.80. The molecule has 0 saturated carbocycles. The van der Waals surface area contributed by atoms with Gasteiger partial charge in [-0.25, -0.2) is 9.37 Å². The highest BCUT2D eigenvalue weighted by Crippen LogP contribution is 2.19. The fourth-order valence-electron chi connectivity index (χ4n) is 1.44. The first-order chi connectivity index (χ1) is 8.58. The summed E-state index contributed by atoms with van der Waals surface area (Å²) in [6.07, 6.45) is 1.52. The normalized spacial score (nSPS) is 12.3. The van der Waals surface area contributed by atoms with Crippen LogP contribution in [0.1, 0.15) is 5.56 Å². The number of aromatic nitrogens is 1. The molecule has 94 valence electrons. The van der Waals surface area contributed by atoms with Gasteiger partial charge >= 0.3 is 0 Å². The average molecular weight is 285 g/mol. The summed E-state index contributed by atoms with van der Waals surface area (Å²) in [4.78, 5) is 3.97. The van der Waals surface area contributed by atoms with Gasteiger partial charge in [0.1, 0.15) is 10.8 Å². The zero-order valence-electron chi connectivity index (χ0n) is 9.27. The van der Waals surface area contributed by atoms with Crippen LogP contribution in [0.25, 0.3) is 0 Å². The van der Waals surface area contributed by atoms with Crippen molar-refractivity contribution in [2.75, 3.05) is 5.73 Å². The third kappa shape index (κ3) is 2.86. The van der Waals surface area contributed by atoms with Gasteiger partial charge in [-0.2, -0.15) is 0 Å². The maximum atomic E-state index is 13.2. The number of nitrogens with two attached hydrogens (primary N) is 1. The molecule has 0 bridgehead atoms. The molecule has 0 fully saturated rings. The van der Waals surface area contributed by atoms with E-state index in [0.717, 1.165) is 0 Å². The molecular weight excluding hydrogens is 275 g/mol. The maximum Gasteiger partial charge on any atom is 0.150 e. The standard InChI is InChI=1S/C12H10ClFN2OS/c13-9-4-3-8(6-10(9)14)7-18(17)12-11(15)2-1-5-16-12/h1-6H,7,15H2. The molecule has 0 aliphatic heterocycles. The topological polar surface area (TPSA) is 56.0 Å². The van der Waals surface area contributed by atoms with Gasteiger partial charge in [0.25, 0.3) is 0 Å². The second-order valence-electron chi connectivity index (χ2n) is 3.64. The number of nitrogens with zero attached hydrogens (tertiary/aromatic N) is 1. The Morgan fingerprint density at radius 2 is 2.17 bits per heavy atom. The molecule has 0 amide bonds. The second kappa shape index (κ2) is 5.46. The Morgan fingerprint density at radius 3 is 2.83 bits per heavy atom. The third-order valence-corrected chi connectivity index (χ3v) is 3.97. The van der Waals surface area contributed by atoms with Crippen molar-refractivity contribution < 1.29 is 8.60 Å². The molecule has 0 aliphatic carbocycles. The minimum Gasteiger partial charge on any atom is -0.396 e. The van der Waals surface area contributed by atoms with Crippen molar-refractivity contribution in [3.05, 3.63) is 52.9 Å². The summed E-state index contributed by atoms with van der Waals surface area (Å²) >= 11 is 5.58. The van der Waals surface area contributed by atoms with Crippen molar-refractivity contribution in [2.24, 2.45) is 0 Å². The molecule has 0 radical (unpaired) electrons. The van der Waals surface area contributed by atoms with E-state index < -0.39 is 16.6 Å². The Morgan fingerprint density at radius 1 is 1.39 bits per heavy atom. The molecule has 1 unspecified atom stereocenters. The van der Waals surface area contributed by atoms with Gasteiger partial charge in [0.05, 0.1) is 27.3 Å². The van der Waals surface area contributed by atoms with E-state index in [9.17, 15) is 8.60 Å². The smallest absolute Gasteiger partial charge is 0.150 e. The van der Waals surface area contributed by atoms with Crippen molar-refractivity contribution in [3.8, 4) is 0 Å². The van der Waals surface area contributed by atoms with Crippen LogP contribution < -0.4 is 5.73 Å². The van der Waals surface area contributed by atoms with Crippen LogP contribution in [0.15, 0.2) is 41.6 Å². The molecule has 1 atom stereocenters. The Labute approximate surface area is 111 Å². The molecule has 1 aromatic heterocycles. The Balaban J connectivity index is 2.22. The number of hydrogen-bond donors (Lipinski definition) is 1. The van der Waals surface area contributed by atoms with Crippen molar-refractivity contribution in [1.29, 1.82) is 0 Å². The summed E-state index contributed by atoms with van der Waals surface area (Å²) in [7, 11) is -1.41. The van der Waals surface area contributed by atoms with Crippen LogP contribution in [0, 0.1) is 5.82 Å². The fraction of sp³-hybridized carbons (Fsp3) is 0.0833. The molecule has 1 heterocycles. The van der Waals surface area contributed by atoms with E-state index in [1.54, 1.807) is 18.2 Å². The Bertz CT molecular complexity index is 606. The van der Waals surface area contributed by atoms with Gasteiger partial charge in [0.15, 0.2) is 0 Å². The van der Waals surface area contributed by atoms with Gasteiger partial charge in [0, 0.05) is 6.20 Å². The van der Waals surface area contributed by atoms with Gasteiger partial charge in [-0.05, 0) is 29.8 Å². The summed E-state index contributed by atoms with van der Waals surface area (Å²) in [6.45, 7) is 0. The van der Waals surface area contributed by atoms with Crippen LogP contribution in [0.3, 0.4) is 0 Å². The molecule has 2 rings (SSSR count). The molecule has 3 nitrogen and oxygen atoms in total. The van der Waals surface area contributed by atoms with Crippen molar-refractivity contribution >= 4 is 28.1 Å². The van der Waals surface area contributed by atoms with E-state index in [1.807, 2.05) is 0 Å². The quantitative estimate of drug-likeness (QED) is 0.943. The SMILES string of the molecule is Nc1cccnc1S(=O)Cc1ccc(Cl)c(F)c1. The van der Waals surface area contributed by atoms with Gasteiger partial charge in [0.2, 0.25) is 0 Å². The lowest BCUT2D eigenvalue weighted by Gasteiger charge is -2.05. The average Bonchev–Trinajstić information content (AvgIpc) is 2.34. The maximum absolute atomic E-state index is 13.2. The summed E-state index contributed by atoms with van der Waals surface area (Å²) < 4.78 is 25.3. The lowest BCUT2D eigenvalue weighted by molar-refractivity contribution is 0.626. The molecule has 2 aromatic rings. The van der Waals surface area contributed by atoms with Crippen LogP contribution in [0.4, 0.5) is 10.1 Å². The third-order valence-electron chi connectivity index (χ3n) is 2.30. The first kappa shape index (κ1) is 13.0. The van der Waals surface area contributed by atoms with Gasteiger partial charge < -0.3 is 5.73 Å². The van der Waals surface area contributed by atoms with E-state index in [1.165, 1.54) is 18.3 Å². The summed E-state index contributed by atoms with van der Waals surface area (Å²) in [5, 5.41) is 0.356. The molecule has 18 heavy (non-hydrogen) atoms. The fourth-order valence-corrected chi connectivity index (χ4v) is 2.69. The molecule has 0 saturated heterocycles. The van der Waals surface area contributed by atoms with Crippen LogP contribution >= 0.6 is 11.6 Å². The summed E-state index contributed by atoms with van der Waals surface area (Å²) in [6, 6.07) is 7.62. The number of nitrogen functional groups attached to an aromatic ring is 1. The molecule has 0 aliphatic rings. The molecular formula is C12H10ClFN2OS. The highest BCUT2D eigenvalue weighted by atomic mass is 35.5. The van der Waals surface area contributed by atoms with E-state index >= 15 is 0 Å². The highest BCUT2D eigenvalue weighted by Gasteiger charge is 2.11. The number of rotatable bonds is 3. The Hall–Kier alpha value is -1.46. The minimum absolute atomic E-state index is 0.0434. The van der Waals surface area contributed by atoms with Crippen molar-refractivity contribution in [2.45, 2.75) is 10.8 Å². The summed E-state index contributed by atoms with van der Waals surface area (Å²) in [5.41, 5.74) is 6.63. The number of hydrogen-bond acceptors (Lipinski definition) is 3. The zero-order valence-corrected chi connectivity index (χ0v) is 10.8. The van der Waals surface area contributed by atoms with E-state index in [2.05, 4.69) is 4.98 Å². The second-order valence-corrected chi connectivity index (χ2v) is 5.41. The molecule has 6 heteroatoms. The highest BCUT2D eigenvalue weighted by molar-refractivity contribution is 7.84. The van der Waals surface area contributed by atoms with Crippen LogP contribution in [-0.2, 0) is 16.6 Å². The van der Waals surface area contributed by atoms with Gasteiger partial charge in [-0.3, -0.25) is 4.21 Å². The first-order valence-electron chi connectivity index (χ1n) is 5.10. The molecule has 2 N–H and O–H groups in total. The monoisotopic (exact) mass is 284 g/mol. The van der Waals surface area contributed by atoms with Gasteiger partial charge in [-0.15, -0.1) is 0 Å². The predicted octanol–water partition coefficient (Wildman–Crippen LogP) is 2.76. The zero-order chi connectivity index (χ0) is 13.1.